The Hall–Kier alpha value is -2.51. The highest BCUT2D eigenvalue weighted by Crippen LogP contribution is 2.22. The molecule has 4 nitrogen and oxygen atoms in total. The van der Waals surface area contributed by atoms with Crippen LogP contribution in [-0.4, -0.2) is 13.0 Å². The van der Waals surface area contributed by atoms with Gasteiger partial charge in [0.25, 0.3) is 5.91 Å². The Bertz CT molecular complexity index is 693. The lowest BCUT2D eigenvalue weighted by Gasteiger charge is -2.09. The van der Waals surface area contributed by atoms with Crippen LogP contribution in [0.3, 0.4) is 0 Å². The molecule has 100 valence electrons. The van der Waals surface area contributed by atoms with E-state index in [-0.39, 0.29) is 5.91 Å². The number of nitrogens with one attached hydrogen (secondary N) is 1. The van der Waals surface area contributed by atoms with E-state index in [4.69, 9.17) is 21.6 Å². The Morgan fingerprint density at radius 2 is 2.05 bits per heavy atom. The van der Waals surface area contributed by atoms with Crippen LogP contribution in [0, 0.1) is 11.3 Å². The lowest BCUT2D eigenvalue weighted by atomic mass is 10.1. The van der Waals surface area contributed by atoms with Gasteiger partial charge in [-0.15, -0.1) is 0 Å². The summed E-state index contributed by atoms with van der Waals surface area (Å²) >= 11 is 5.84. The fraction of sp³-hybridized carbons (Fsp3) is 0.0667. The molecule has 5 heteroatoms. The summed E-state index contributed by atoms with van der Waals surface area (Å²) in [7, 11) is 1.50. The van der Waals surface area contributed by atoms with E-state index in [1.807, 2.05) is 6.07 Å². The molecule has 1 N–H and O–H groups in total. The molecule has 0 bridgehead atoms. The molecular weight excluding hydrogens is 276 g/mol. The van der Waals surface area contributed by atoms with Crippen molar-refractivity contribution in [1.82, 2.24) is 0 Å². The van der Waals surface area contributed by atoms with Crippen molar-refractivity contribution < 1.29 is 9.53 Å². The molecular formula is C15H11ClN2O2. The van der Waals surface area contributed by atoms with Crippen LogP contribution >= 0.6 is 11.6 Å². The standard InChI is InChI=1S/C15H11ClN2O2/c1-20-14-5-3-2-4-12(14)15(19)18-11-6-7-13(16)10(8-11)9-17/h2-8H,1H3,(H,18,19). The summed E-state index contributed by atoms with van der Waals surface area (Å²) in [5.41, 5.74) is 1.23. The molecule has 1 amide bonds. The Morgan fingerprint density at radius 1 is 1.30 bits per heavy atom. The zero-order valence-corrected chi connectivity index (χ0v) is 11.4. The monoisotopic (exact) mass is 286 g/mol. The number of para-hydroxylation sites is 1. The largest absolute Gasteiger partial charge is 0.496 e. The number of nitriles is 1. The minimum Gasteiger partial charge on any atom is -0.496 e. The number of carbonyl (C=O) groups excluding carboxylic acids is 1. The molecule has 0 saturated heterocycles. The van der Waals surface area contributed by atoms with Crippen molar-refractivity contribution in [3.63, 3.8) is 0 Å². The molecule has 0 saturated carbocycles. The lowest BCUT2D eigenvalue weighted by molar-refractivity contribution is 0.102. The SMILES string of the molecule is COc1ccccc1C(=O)Nc1ccc(Cl)c(C#N)c1. The van der Waals surface area contributed by atoms with Crippen LogP contribution in [0.15, 0.2) is 42.5 Å². The molecule has 0 radical (unpaired) electrons. The maximum Gasteiger partial charge on any atom is 0.259 e. The first-order chi connectivity index (χ1) is 9.65. The summed E-state index contributed by atoms with van der Waals surface area (Å²) in [6.07, 6.45) is 0. The van der Waals surface area contributed by atoms with Gasteiger partial charge < -0.3 is 10.1 Å². The molecule has 0 aliphatic carbocycles. The van der Waals surface area contributed by atoms with Crippen LogP contribution in [0.5, 0.6) is 5.75 Å². The Morgan fingerprint density at radius 3 is 2.75 bits per heavy atom. The number of hydrogen-bond donors (Lipinski definition) is 1. The van der Waals surface area contributed by atoms with Gasteiger partial charge in [-0.2, -0.15) is 5.26 Å². The molecule has 0 atom stereocenters. The molecule has 0 aliphatic heterocycles. The van der Waals surface area contributed by atoms with Gasteiger partial charge in [0.2, 0.25) is 0 Å². The summed E-state index contributed by atoms with van der Waals surface area (Å²) in [6, 6.07) is 13.6. The minimum absolute atomic E-state index is 0.310. The predicted molar refractivity (Wildman–Crippen MR) is 77.1 cm³/mol. The minimum atomic E-state index is -0.311. The Kier molecular flexibility index (Phi) is 4.24. The van der Waals surface area contributed by atoms with E-state index in [2.05, 4.69) is 5.32 Å². The normalized spacial score (nSPS) is 9.65. The van der Waals surface area contributed by atoms with Crippen LogP contribution in [0.4, 0.5) is 5.69 Å². The number of halogens is 1. The third-order valence-corrected chi connectivity index (χ3v) is 3.03. The molecule has 0 heterocycles. The summed E-state index contributed by atoms with van der Waals surface area (Å²) in [6.45, 7) is 0. The zero-order chi connectivity index (χ0) is 14.5. The van der Waals surface area contributed by atoms with E-state index in [0.717, 1.165) is 0 Å². The van der Waals surface area contributed by atoms with Crippen molar-refractivity contribution in [2.24, 2.45) is 0 Å². The summed E-state index contributed by atoms with van der Waals surface area (Å²) in [4.78, 5) is 12.2. The van der Waals surface area contributed by atoms with Gasteiger partial charge in [-0.25, -0.2) is 0 Å². The molecule has 0 fully saturated rings. The zero-order valence-electron chi connectivity index (χ0n) is 10.7. The van der Waals surface area contributed by atoms with Crippen LogP contribution in [0.2, 0.25) is 5.02 Å². The second kappa shape index (κ2) is 6.09. The number of amides is 1. The van der Waals surface area contributed by atoms with E-state index in [9.17, 15) is 4.79 Å². The number of rotatable bonds is 3. The Labute approximate surface area is 121 Å². The second-order valence-corrected chi connectivity index (χ2v) is 4.37. The smallest absolute Gasteiger partial charge is 0.259 e. The fourth-order valence-corrected chi connectivity index (χ4v) is 1.88. The van der Waals surface area contributed by atoms with E-state index < -0.39 is 0 Å². The van der Waals surface area contributed by atoms with Crippen molar-refractivity contribution in [2.45, 2.75) is 0 Å². The maximum absolute atomic E-state index is 12.2. The number of nitrogens with zero attached hydrogens (tertiary/aromatic N) is 1. The van der Waals surface area contributed by atoms with Gasteiger partial charge in [-0.3, -0.25) is 4.79 Å². The molecule has 0 aliphatic rings. The maximum atomic E-state index is 12.2. The number of anilines is 1. The van der Waals surface area contributed by atoms with Crippen molar-refractivity contribution >= 4 is 23.2 Å². The van der Waals surface area contributed by atoms with Crippen LogP contribution in [-0.2, 0) is 0 Å². The van der Waals surface area contributed by atoms with Gasteiger partial charge in [0.15, 0.2) is 0 Å². The van der Waals surface area contributed by atoms with Crippen molar-refractivity contribution in [3.05, 3.63) is 58.6 Å². The summed E-state index contributed by atoms with van der Waals surface area (Å²) in [5, 5.41) is 12.0. The first-order valence-corrected chi connectivity index (χ1v) is 6.17. The second-order valence-electron chi connectivity index (χ2n) is 3.96. The van der Waals surface area contributed by atoms with Gasteiger partial charge in [0.1, 0.15) is 11.8 Å². The molecule has 2 rings (SSSR count). The fourth-order valence-electron chi connectivity index (χ4n) is 1.72. The van der Waals surface area contributed by atoms with E-state index in [0.29, 0.717) is 27.6 Å². The number of methoxy groups -OCH3 is 1. The van der Waals surface area contributed by atoms with Gasteiger partial charge in [-0.05, 0) is 30.3 Å². The molecule has 2 aromatic rings. The Balaban J connectivity index is 2.26. The highest BCUT2D eigenvalue weighted by atomic mass is 35.5. The van der Waals surface area contributed by atoms with Gasteiger partial charge >= 0.3 is 0 Å². The molecule has 0 spiro atoms. The topological polar surface area (TPSA) is 62.1 Å². The lowest BCUT2D eigenvalue weighted by Crippen LogP contribution is -2.13. The van der Waals surface area contributed by atoms with Crippen molar-refractivity contribution in [2.75, 3.05) is 12.4 Å². The van der Waals surface area contributed by atoms with E-state index in [1.54, 1.807) is 36.4 Å². The van der Waals surface area contributed by atoms with Crippen LogP contribution in [0.1, 0.15) is 15.9 Å². The predicted octanol–water partition coefficient (Wildman–Crippen LogP) is 3.47. The molecule has 2 aromatic carbocycles. The van der Waals surface area contributed by atoms with Gasteiger partial charge in [-0.1, -0.05) is 23.7 Å². The summed E-state index contributed by atoms with van der Waals surface area (Å²) < 4.78 is 5.13. The third-order valence-electron chi connectivity index (χ3n) is 2.70. The van der Waals surface area contributed by atoms with Gasteiger partial charge in [0.05, 0.1) is 23.3 Å². The third kappa shape index (κ3) is 2.90. The number of benzene rings is 2. The van der Waals surface area contributed by atoms with E-state index >= 15 is 0 Å². The number of ether oxygens (including phenoxy) is 1. The van der Waals surface area contributed by atoms with Crippen molar-refractivity contribution in [3.8, 4) is 11.8 Å². The van der Waals surface area contributed by atoms with Crippen LogP contribution in [0.25, 0.3) is 0 Å². The summed E-state index contributed by atoms with van der Waals surface area (Å²) in [5.74, 6) is 0.174. The number of carbonyl (C=O) groups is 1. The van der Waals surface area contributed by atoms with E-state index in [1.165, 1.54) is 13.2 Å². The first kappa shape index (κ1) is 13.9. The van der Waals surface area contributed by atoms with Crippen LogP contribution < -0.4 is 10.1 Å². The van der Waals surface area contributed by atoms with Crippen molar-refractivity contribution in [1.29, 1.82) is 5.26 Å². The molecule has 20 heavy (non-hydrogen) atoms. The molecule has 0 aromatic heterocycles. The molecule has 0 unspecified atom stereocenters. The average molecular weight is 287 g/mol. The number of hydrogen-bond acceptors (Lipinski definition) is 3. The highest BCUT2D eigenvalue weighted by Gasteiger charge is 2.12. The average Bonchev–Trinajstić information content (AvgIpc) is 2.49. The van der Waals surface area contributed by atoms with Gasteiger partial charge in [0, 0.05) is 5.69 Å². The first-order valence-electron chi connectivity index (χ1n) is 5.79. The quantitative estimate of drug-likeness (QED) is 0.939. The highest BCUT2D eigenvalue weighted by molar-refractivity contribution is 6.31.